The fourth-order valence-electron chi connectivity index (χ4n) is 0. The first-order chi connectivity index (χ1) is 0. The van der Waals surface area contributed by atoms with Gasteiger partial charge in [0.25, 0.3) is 0 Å². The molecule has 47 valence electrons. The fraction of sp³-hybridized carbons (Fsp3) is 0. The summed E-state index contributed by atoms with van der Waals surface area (Å²) < 4.78 is 0. The molecule has 6 heavy (non-hydrogen) atoms. The molecule has 0 nitrogen and oxygen atoms in total. The van der Waals surface area contributed by atoms with Crippen LogP contribution >= 0.6 is 84.9 Å². The number of hydrogen-bond donors (Lipinski definition) is 0. The summed E-state index contributed by atoms with van der Waals surface area (Å²) >= 11 is 0. The molecule has 0 amide bonds. The van der Waals surface area contributed by atoms with Gasteiger partial charge in [-0.3, -0.25) is 0 Å². The van der Waals surface area contributed by atoms with E-state index >= 15 is 0 Å². The Morgan fingerprint density at radius 2 is 0.333 bits per heavy atom. The van der Waals surface area contributed by atoms with Gasteiger partial charge in [-0.2, -0.15) is 0 Å². The van der Waals surface area contributed by atoms with E-state index in [4.69, 9.17) is 0 Å². The third kappa shape index (κ3) is 27.7. The molecule has 0 N–H and O–H groups in total. The van der Waals surface area contributed by atoms with Crippen LogP contribution in [0, 0.1) is 0 Å². The van der Waals surface area contributed by atoms with Gasteiger partial charge in [0.05, 0.1) is 0 Å². The number of halogens is 5. The Balaban J connectivity index is 0. The second-order valence-electron chi connectivity index (χ2n) is 0. The average Bonchev–Trinajstić information content (AvgIpc) is 0. The molecule has 0 saturated heterocycles. The van der Waals surface area contributed by atoms with E-state index in [1.165, 1.54) is 0 Å². The SMILES string of the molecule is Br.Br.Br.Br.Br.[Re]. The van der Waals surface area contributed by atoms with E-state index in [1.807, 2.05) is 0 Å². The van der Waals surface area contributed by atoms with Crippen molar-refractivity contribution in [3.8, 4) is 0 Å². The van der Waals surface area contributed by atoms with Crippen LogP contribution in [0.4, 0.5) is 0 Å². The van der Waals surface area contributed by atoms with Crippen molar-refractivity contribution in [3.05, 3.63) is 0 Å². The zero-order valence-electron chi connectivity index (χ0n) is 2.42. The van der Waals surface area contributed by atoms with Crippen molar-refractivity contribution < 1.29 is 20.4 Å². The minimum atomic E-state index is 0. The Bertz CT molecular complexity index is 3.90. The summed E-state index contributed by atoms with van der Waals surface area (Å²) in [6.45, 7) is 0. The van der Waals surface area contributed by atoms with E-state index in [0.717, 1.165) is 0 Å². The Kier molecular flexibility index (Phi) is 449. The van der Waals surface area contributed by atoms with Crippen molar-refractivity contribution in [1.29, 1.82) is 0 Å². The van der Waals surface area contributed by atoms with Crippen LogP contribution in [0.5, 0.6) is 0 Å². The Hall–Kier alpha value is 3.06. The normalized spacial score (nSPS) is 0. The van der Waals surface area contributed by atoms with Crippen LogP contribution in [0.15, 0.2) is 0 Å². The van der Waals surface area contributed by atoms with Gasteiger partial charge in [-0.15, -0.1) is 84.9 Å². The fourth-order valence-corrected chi connectivity index (χ4v) is 0. The summed E-state index contributed by atoms with van der Waals surface area (Å²) in [6.07, 6.45) is 0. The second kappa shape index (κ2) is 42.9. The molecular formula is H5Br5Re. The maximum atomic E-state index is 0. The second-order valence-corrected chi connectivity index (χ2v) is 0. The quantitative estimate of drug-likeness (QED) is 0.407. The molecule has 0 bridgehead atoms. The molecule has 0 aromatic heterocycles. The van der Waals surface area contributed by atoms with Crippen molar-refractivity contribution in [3.63, 3.8) is 0 Å². The summed E-state index contributed by atoms with van der Waals surface area (Å²) in [4.78, 5) is 0. The maximum absolute atomic E-state index is 0. The van der Waals surface area contributed by atoms with Crippen molar-refractivity contribution >= 4 is 84.9 Å². The Morgan fingerprint density at radius 3 is 0.333 bits per heavy atom. The first-order valence-electron chi connectivity index (χ1n) is 0. The van der Waals surface area contributed by atoms with Crippen LogP contribution in [0.25, 0.3) is 0 Å². The summed E-state index contributed by atoms with van der Waals surface area (Å²) in [6, 6.07) is 0. The van der Waals surface area contributed by atoms with Crippen LogP contribution in [0.3, 0.4) is 0 Å². The van der Waals surface area contributed by atoms with E-state index in [2.05, 4.69) is 0 Å². The topological polar surface area (TPSA) is 0 Å². The largest absolute Gasteiger partial charge is 0.114 e. The molecule has 0 fully saturated rings. The molecule has 0 aromatic rings. The molecule has 0 aliphatic rings. The van der Waals surface area contributed by atoms with E-state index in [9.17, 15) is 0 Å². The van der Waals surface area contributed by atoms with Crippen LogP contribution in [-0.2, 0) is 20.4 Å². The van der Waals surface area contributed by atoms with Gasteiger partial charge in [0.15, 0.2) is 0 Å². The molecule has 0 saturated carbocycles. The predicted molar refractivity (Wildman–Crippen MR) is 51.6 cm³/mol. The number of rotatable bonds is 0. The van der Waals surface area contributed by atoms with Gasteiger partial charge in [-0.1, -0.05) is 0 Å². The summed E-state index contributed by atoms with van der Waals surface area (Å²) in [7, 11) is 0. The summed E-state index contributed by atoms with van der Waals surface area (Å²) in [5.41, 5.74) is 0. The van der Waals surface area contributed by atoms with Crippen molar-refractivity contribution in [2.75, 3.05) is 0 Å². The van der Waals surface area contributed by atoms with Gasteiger partial charge >= 0.3 is 0 Å². The molecule has 0 rings (SSSR count). The molecular weight excluding hydrogens is 586 g/mol. The standard InChI is InChI=1S/5BrH.Re/h5*1H;. The molecule has 0 atom stereocenters. The van der Waals surface area contributed by atoms with Gasteiger partial charge in [-0.05, 0) is 0 Å². The third-order valence-corrected chi connectivity index (χ3v) is 0. The van der Waals surface area contributed by atoms with E-state index < -0.39 is 0 Å². The van der Waals surface area contributed by atoms with Crippen molar-refractivity contribution in [1.82, 2.24) is 0 Å². The monoisotopic (exact) mass is 587 g/mol. The smallest absolute Gasteiger partial charge is 0 e. The van der Waals surface area contributed by atoms with Crippen LogP contribution in [-0.4, -0.2) is 0 Å². The molecule has 0 heterocycles. The zero-order valence-corrected chi connectivity index (χ0v) is 13.7. The van der Waals surface area contributed by atoms with Gasteiger partial charge in [0.1, 0.15) is 0 Å². The van der Waals surface area contributed by atoms with E-state index in [-0.39, 0.29) is 105 Å². The summed E-state index contributed by atoms with van der Waals surface area (Å²) in [5, 5.41) is 0. The molecule has 0 aromatic carbocycles. The van der Waals surface area contributed by atoms with Crippen molar-refractivity contribution in [2.24, 2.45) is 0 Å². The number of hydrogen-bond acceptors (Lipinski definition) is 0. The predicted octanol–water partition coefficient (Wildman–Crippen LogP) is 2.89. The Labute approximate surface area is 104 Å². The van der Waals surface area contributed by atoms with Crippen molar-refractivity contribution in [2.45, 2.75) is 0 Å². The zero-order chi connectivity index (χ0) is 0. The molecule has 0 spiro atoms. The molecule has 6 heteroatoms. The van der Waals surface area contributed by atoms with Gasteiger partial charge in [-0.25, -0.2) is 0 Å². The maximum Gasteiger partial charge on any atom is 0 e. The van der Waals surface area contributed by atoms with E-state index in [0.29, 0.717) is 0 Å². The van der Waals surface area contributed by atoms with E-state index in [1.54, 1.807) is 0 Å². The molecule has 0 aliphatic carbocycles. The third-order valence-electron chi connectivity index (χ3n) is 0. The minimum Gasteiger partial charge on any atom is -0.114 e. The van der Waals surface area contributed by atoms with Crippen LogP contribution in [0.2, 0.25) is 0 Å². The molecule has 0 unspecified atom stereocenters. The first-order valence-corrected chi connectivity index (χ1v) is 0. The molecule has 1 radical (unpaired) electrons. The Morgan fingerprint density at radius 1 is 0.333 bits per heavy atom. The van der Waals surface area contributed by atoms with Gasteiger partial charge in [0.2, 0.25) is 0 Å². The van der Waals surface area contributed by atoms with Gasteiger partial charge < -0.3 is 0 Å². The van der Waals surface area contributed by atoms with Gasteiger partial charge in [0, 0.05) is 20.4 Å². The molecule has 0 aliphatic heterocycles. The minimum absolute atomic E-state index is 0. The first kappa shape index (κ1) is 62.8. The summed E-state index contributed by atoms with van der Waals surface area (Å²) in [5.74, 6) is 0. The average molecular weight is 591 g/mol. The van der Waals surface area contributed by atoms with Crippen LogP contribution in [0.1, 0.15) is 0 Å². The van der Waals surface area contributed by atoms with Crippen LogP contribution < -0.4 is 0 Å².